The Morgan fingerprint density at radius 3 is 2.80 bits per heavy atom. The molecule has 1 aliphatic rings. The van der Waals surface area contributed by atoms with E-state index in [2.05, 4.69) is 18.8 Å². The van der Waals surface area contributed by atoms with Gasteiger partial charge in [0.25, 0.3) is 10.0 Å². The molecule has 4 rings (SSSR count). The summed E-state index contributed by atoms with van der Waals surface area (Å²) in [4.78, 5) is 11.5. The van der Waals surface area contributed by atoms with E-state index < -0.39 is 10.0 Å². The molecule has 2 N–H and O–H groups in total. The molecule has 1 aliphatic heterocycles. The van der Waals surface area contributed by atoms with E-state index in [-0.39, 0.29) is 16.2 Å². The fourth-order valence-electron chi connectivity index (χ4n) is 2.54. The zero-order valence-corrected chi connectivity index (χ0v) is 15.1. The van der Waals surface area contributed by atoms with E-state index in [9.17, 15) is 13.2 Å². The number of benzene rings is 2. The van der Waals surface area contributed by atoms with E-state index >= 15 is 0 Å². The van der Waals surface area contributed by atoms with Crippen LogP contribution in [0.5, 0.6) is 0 Å². The Bertz CT molecular complexity index is 1060. The van der Waals surface area contributed by atoms with Gasteiger partial charge in [-0.15, -0.1) is 11.8 Å². The number of carbonyl (C=O) groups excluding carboxylic acids is 1. The van der Waals surface area contributed by atoms with Gasteiger partial charge >= 0.3 is 0 Å². The minimum absolute atomic E-state index is 0.0244. The maximum Gasteiger partial charge on any atom is 0.264 e. The van der Waals surface area contributed by atoms with Crippen LogP contribution in [0.25, 0.3) is 11.0 Å². The lowest BCUT2D eigenvalue weighted by atomic mass is 10.2. The van der Waals surface area contributed by atoms with Crippen molar-refractivity contribution in [3.8, 4) is 0 Å². The second-order valence-electron chi connectivity index (χ2n) is 5.38. The van der Waals surface area contributed by atoms with Crippen molar-refractivity contribution < 1.29 is 13.2 Å². The SMILES string of the molecule is O=C1CS[C@H](c2cccc(NS(=O)(=O)c3cccc4nsnc34)c2)N1. The lowest BCUT2D eigenvalue weighted by Gasteiger charge is -2.13. The first-order chi connectivity index (χ1) is 12.0. The van der Waals surface area contributed by atoms with Crippen molar-refractivity contribution in [3.05, 3.63) is 48.0 Å². The van der Waals surface area contributed by atoms with Crippen molar-refractivity contribution in [2.75, 3.05) is 10.5 Å². The van der Waals surface area contributed by atoms with E-state index in [1.54, 1.807) is 30.3 Å². The molecule has 3 aromatic rings. The van der Waals surface area contributed by atoms with E-state index in [1.165, 1.54) is 17.8 Å². The number of fused-ring (bicyclic) bond motifs is 1. The van der Waals surface area contributed by atoms with Gasteiger partial charge in [0.1, 0.15) is 21.3 Å². The quantitative estimate of drug-likeness (QED) is 0.707. The first-order valence-electron chi connectivity index (χ1n) is 7.28. The predicted octanol–water partition coefficient (Wildman–Crippen LogP) is 2.35. The normalized spacial score (nSPS) is 17.6. The maximum absolute atomic E-state index is 12.7. The molecule has 1 amide bonds. The lowest BCUT2D eigenvalue weighted by Crippen LogP contribution is -2.19. The van der Waals surface area contributed by atoms with Gasteiger partial charge in [-0.3, -0.25) is 9.52 Å². The van der Waals surface area contributed by atoms with E-state index in [4.69, 9.17) is 0 Å². The van der Waals surface area contributed by atoms with Crippen LogP contribution < -0.4 is 10.0 Å². The number of aromatic nitrogens is 2. The van der Waals surface area contributed by atoms with Gasteiger partial charge in [0.15, 0.2) is 0 Å². The van der Waals surface area contributed by atoms with Gasteiger partial charge in [0, 0.05) is 5.69 Å². The summed E-state index contributed by atoms with van der Waals surface area (Å²) in [7, 11) is -3.80. The average Bonchev–Trinajstić information content (AvgIpc) is 3.23. The molecule has 25 heavy (non-hydrogen) atoms. The Balaban J connectivity index is 1.65. The number of amides is 1. The number of hydrogen-bond donors (Lipinski definition) is 2. The van der Waals surface area contributed by atoms with Gasteiger partial charge in [0.05, 0.1) is 17.5 Å². The molecule has 128 valence electrons. The molecule has 2 heterocycles. The number of anilines is 1. The Kier molecular flexibility index (Phi) is 4.10. The highest BCUT2D eigenvalue weighted by atomic mass is 32.2. The third kappa shape index (κ3) is 3.20. The zero-order valence-electron chi connectivity index (χ0n) is 12.7. The standard InChI is InChI=1S/C15H12N4O3S3/c20-13-8-23-15(16-13)9-3-1-4-10(7-9)19-25(21,22)12-6-2-5-11-14(12)18-24-17-11/h1-7,15,19H,8H2,(H,16,20)/t15-/m1/s1. The number of sulfonamides is 1. The van der Waals surface area contributed by atoms with Crippen LogP contribution in [-0.2, 0) is 14.8 Å². The molecular formula is C15H12N4O3S3. The number of hydrogen-bond acceptors (Lipinski definition) is 7. The van der Waals surface area contributed by atoms with E-state index in [0.717, 1.165) is 17.3 Å². The van der Waals surface area contributed by atoms with Crippen LogP contribution in [0.4, 0.5) is 5.69 Å². The Morgan fingerprint density at radius 1 is 1.16 bits per heavy atom. The summed E-state index contributed by atoms with van der Waals surface area (Å²) in [5.41, 5.74) is 2.17. The third-order valence-corrected chi connectivity index (χ3v) is 6.76. The van der Waals surface area contributed by atoms with Crippen LogP contribution in [0.1, 0.15) is 10.9 Å². The molecule has 2 aromatic carbocycles. The Hall–Kier alpha value is -2.17. The second kappa shape index (κ2) is 6.28. The molecule has 0 spiro atoms. The number of carbonyl (C=O) groups is 1. The molecule has 0 bridgehead atoms. The summed E-state index contributed by atoms with van der Waals surface area (Å²) in [6, 6.07) is 11.9. The molecule has 0 unspecified atom stereocenters. The van der Waals surface area contributed by atoms with Gasteiger partial charge in [-0.2, -0.15) is 8.75 Å². The van der Waals surface area contributed by atoms with Gasteiger partial charge < -0.3 is 5.32 Å². The average molecular weight is 392 g/mol. The number of nitrogens with one attached hydrogen (secondary N) is 2. The van der Waals surface area contributed by atoms with Crippen molar-refractivity contribution in [1.29, 1.82) is 0 Å². The number of thioether (sulfide) groups is 1. The van der Waals surface area contributed by atoms with Crippen molar-refractivity contribution in [2.45, 2.75) is 10.3 Å². The molecule has 1 fully saturated rings. The van der Waals surface area contributed by atoms with Crippen LogP contribution >= 0.6 is 23.5 Å². The van der Waals surface area contributed by atoms with Crippen LogP contribution in [0, 0.1) is 0 Å². The predicted molar refractivity (Wildman–Crippen MR) is 98.0 cm³/mol. The smallest absolute Gasteiger partial charge is 0.264 e. The minimum Gasteiger partial charge on any atom is -0.339 e. The molecule has 0 aliphatic carbocycles. The molecule has 0 radical (unpaired) electrons. The highest BCUT2D eigenvalue weighted by molar-refractivity contribution is 8.00. The van der Waals surface area contributed by atoms with E-state index in [1.807, 2.05) is 6.07 Å². The number of rotatable bonds is 4. The van der Waals surface area contributed by atoms with E-state index in [0.29, 0.717) is 22.5 Å². The molecule has 1 aromatic heterocycles. The fraction of sp³-hybridized carbons (Fsp3) is 0.133. The highest BCUT2D eigenvalue weighted by Crippen LogP contribution is 2.32. The molecule has 0 saturated carbocycles. The first kappa shape index (κ1) is 16.3. The summed E-state index contributed by atoms with van der Waals surface area (Å²) in [5.74, 6) is 0.378. The van der Waals surface area contributed by atoms with Crippen molar-refractivity contribution in [1.82, 2.24) is 14.1 Å². The molecule has 10 heteroatoms. The van der Waals surface area contributed by atoms with Crippen LogP contribution in [0.2, 0.25) is 0 Å². The largest absolute Gasteiger partial charge is 0.339 e. The maximum atomic E-state index is 12.7. The van der Waals surface area contributed by atoms with Gasteiger partial charge in [0.2, 0.25) is 5.91 Å². The van der Waals surface area contributed by atoms with Gasteiger partial charge in [-0.05, 0) is 29.8 Å². The van der Waals surface area contributed by atoms with Crippen LogP contribution in [0.3, 0.4) is 0 Å². The first-order valence-corrected chi connectivity index (χ1v) is 10.5. The highest BCUT2D eigenvalue weighted by Gasteiger charge is 2.24. The second-order valence-corrected chi connectivity index (χ2v) is 8.65. The fourth-order valence-corrected chi connectivity index (χ4v) is 5.31. The monoisotopic (exact) mass is 392 g/mol. The number of nitrogens with zero attached hydrogens (tertiary/aromatic N) is 2. The molecule has 7 nitrogen and oxygen atoms in total. The van der Waals surface area contributed by atoms with Crippen LogP contribution in [-0.4, -0.2) is 28.8 Å². The summed E-state index contributed by atoms with van der Waals surface area (Å²) in [6.45, 7) is 0. The topological polar surface area (TPSA) is 101 Å². The Morgan fingerprint density at radius 2 is 2.00 bits per heavy atom. The Labute approximate surface area is 152 Å². The molecular weight excluding hydrogens is 380 g/mol. The molecule has 1 saturated heterocycles. The van der Waals surface area contributed by atoms with Crippen LogP contribution in [0.15, 0.2) is 47.4 Å². The summed E-state index contributed by atoms with van der Waals surface area (Å²) >= 11 is 2.45. The molecule has 1 atom stereocenters. The third-order valence-electron chi connectivity index (χ3n) is 3.65. The summed E-state index contributed by atoms with van der Waals surface area (Å²) in [5, 5.41) is 2.68. The van der Waals surface area contributed by atoms with Crippen molar-refractivity contribution in [2.24, 2.45) is 0 Å². The van der Waals surface area contributed by atoms with Gasteiger partial charge in [-0.1, -0.05) is 18.2 Å². The van der Waals surface area contributed by atoms with Crippen molar-refractivity contribution >= 4 is 56.1 Å². The zero-order chi connectivity index (χ0) is 17.4. The van der Waals surface area contributed by atoms with Gasteiger partial charge in [-0.25, -0.2) is 8.42 Å². The van der Waals surface area contributed by atoms with Crippen molar-refractivity contribution in [3.63, 3.8) is 0 Å². The minimum atomic E-state index is -3.80. The summed E-state index contributed by atoms with van der Waals surface area (Å²) < 4.78 is 36.2. The summed E-state index contributed by atoms with van der Waals surface area (Å²) in [6.07, 6.45) is 0. The lowest BCUT2D eigenvalue weighted by molar-refractivity contribution is -0.118.